The van der Waals surface area contributed by atoms with Gasteiger partial charge in [0.05, 0.1) is 6.61 Å². The predicted molar refractivity (Wildman–Crippen MR) is 101 cm³/mol. The van der Waals surface area contributed by atoms with Crippen LogP contribution in [0.2, 0.25) is 0 Å². The summed E-state index contributed by atoms with van der Waals surface area (Å²) in [7, 11) is 0. The topological polar surface area (TPSA) is 35.5 Å². The van der Waals surface area contributed by atoms with E-state index in [-0.39, 0.29) is 6.61 Å². The lowest BCUT2D eigenvalue weighted by Gasteiger charge is -2.10. The molecule has 0 saturated heterocycles. The van der Waals surface area contributed by atoms with Crippen LogP contribution >= 0.6 is 0 Å². The highest BCUT2D eigenvalue weighted by molar-refractivity contribution is 5.59. The maximum atomic E-state index is 11.6. The highest BCUT2D eigenvalue weighted by Gasteiger charge is 2.06. The summed E-state index contributed by atoms with van der Waals surface area (Å²) < 4.78 is 10.3. The number of rotatable bonds is 10. The number of benzene rings is 2. The number of carbonyl (C=O) groups excluding carboxylic acids is 1. The minimum atomic E-state index is -0.597. The molecule has 0 spiro atoms. The van der Waals surface area contributed by atoms with E-state index in [0.29, 0.717) is 6.61 Å². The average molecular weight is 340 g/mol. The van der Waals surface area contributed by atoms with Crippen molar-refractivity contribution in [2.45, 2.75) is 52.1 Å². The van der Waals surface area contributed by atoms with Crippen LogP contribution in [0, 0.1) is 0 Å². The SMILES string of the molecule is CCCCCc1ccccc1CCCOC(=O)OCc1ccccc1. The summed E-state index contributed by atoms with van der Waals surface area (Å²) in [5.74, 6) is 0. The molecule has 0 amide bonds. The molecule has 0 fully saturated rings. The lowest BCUT2D eigenvalue weighted by molar-refractivity contribution is 0.0492. The summed E-state index contributed by atoms with van der Waals surface area (Å²) in [6.45, 7) is 2.86. The minimum absolute atomic E-state index is 0.250. The van der Waals surface area contributed by atoms with E-state index in [1.807, 2.05) is 30.3 Å². The fraction of sp³-hybridized carbons (Fsp3) is 0.409. The summed E-state index contributed by atoms with van der Waals surface area (Å²) in [5, 5.41) is 0. The van der Waals surface area contributed by atoms with Crippen molar-refractivity contribution < 1.29 is 14.3 Å². The third-order valence-corrected chi connectivity index (χ3v) is 4.18. The van der Waals surface area contributed by atoms with Crippen molar-refractivity contribution in [1.29, 1.82) is 0 Å². The normalized spacial score (nSPS) is 10.4. The molecule has 0 unspecified atom stereocenters. The first kappa shape index (κ1) is 19.0. The van der Waals surface area contributed by atoms with Crippen LogP contribution in [0.15, 0.2) is 54.6 Å². The molecule has 0 radical (unpaired) electrons. The Morgan fingerprint density at radius 3 is 2.12 bits per heavy atom. The summed E-state index contributed by atoms with van der Waals surface area (Å²) in [6, 6.07) is 18.2. The van der Waals surface area contributed by atoms with Gasteiger partial charge in [0.25, 0.3) is 0 Å². The van der Waals surface area contributed by atoms with Crippen molar-refractivity contribution in [2.75, 3.05) is 6.61 Å². The average Bonchev–Trinajstić information content (AvgIpc) is 2.65. The van der Waals surface area contributed by atoms with Gasteiger partial charge in [-0.15, -0.1) is 0 Å². The van der Waals surface area contributed by atoms with Gasteiger partial charge in [-0.25, -0.2) is 4.79 Å². The van der Waals surface area contributed by atoms with Crippen molar-refractivity contribution in [3.05, 3.63) is 71.3 Å². The fourth-order valence-corrected chi connectivity index (χ4v) is 2.79. The van der Waals surface area contributed by atoms with Crippen LogP contribution in [0.5, 0.6) is 0 Å². The summed E-state index contributed by atoms with van der Waals surface area (Å²) >= 11 is 0. The number of hydrogen-bond donors (Lipinski definition) is 0. The molecule has 3 heteroatoms. The first-order valence-electron chi connectivity index (χ1n) is 9.20. The number of ether oxygens (including phenoxy) is 2. The van der Waals surface area contributed by atoms with E-state index in [9.17, 15) is 4.79 Å². The van der Waals surface area contributed by atoms with E-state index in [1.165, 1.54) is 30.4 Å². The Morgan fingerprint density at radius 2 is 1.44 bits per heavy atom. The van der Waals surface area contributed by atoms with E-state index in [1.54, 1.807) is 0 Å². The van der Waals surface area contributed by atoms with Gasteiger partial charge >= 0.3 is 6.16 Å². The Morgan fingerprint density at radius 1 is 0.800 bits per heavy atom. The molecule has 0 aliphatic rings. The molecule has 0 saturated carbocycles. The maximum absolute atomic E-state index is 11.6. The van der Waals surface area contributed by atoms with Crippen LogP contribution in [-0.2, 0) is 28.9 Å². The Kier molecular flexibility index (Phi) is 8.60. The minimum Gasteiger partial charge on any atom is -0.434 e. The molecular weight excluding hydrogens is 312 g/mol. The van der Waals surface area contributed by atoms with Crippen LogP contribution in [0.25, 0.3) is 0 Å². The molecule has 3 nitrogen and oxygen atoms in total. The standard InChI is InChI=1S/C22H28O3/c1-2-3-5-13-20-14-8-9-15-21(20)16-10-17-24-22(23)25-18-19-11-6-4-7-12-19/h4,6-9,11-12,14-15H,2-3,5,10,13,16-18H2,1H3. The summed E-state index contributed by atoms with van der Waals surface area (Å²) in [6.07, 6.45) is 6.01. The molecule has 2 rings (SSSR count). The Balaban J connectivity index is 1.66. The van der Waals surface area contributed by atoms with Crippen molar-refractivity contribution in [2.24, 2.45) is 0 Å². The molecule has 0 bridgehead atoms. The van der Waals surface area contributed by atoms with Crippen molar-refractivity contribution in [3.8, 4) is 0 Å². The van der Waals surface area contributed by atoms with Gasteiger partial charge in [-0.2, -0.15) is 0 Å². The lowest BCUT2D eigenvalue weighted by atomic mass is 9.98. The van der Waals surface area contributed by atoms with E-state index in [2.05, 4.69) is 31.2 Å². The molecule has 0 atom stereocenters. The van der Waals surface area contributed by atoms with Gasteiger partial charge in [-0.1, -0.05) is 74.4 Å². The second-order valence-corrected chi connectivity index (χ2v) is 6.20. The quantitative estimate of drug-likeness (QED) is 0.411. The molecule has 0 aliphatic heterocycles. The molecule has 2 aromatic carbocycles. The Hall–Kier alpha value is -2.29. The van der Waals surface area contributed by atoms with Crippen molar-refractivity contribution in [3.63, 3.8) is 0 Å². The highest BCUT2D eigenvalue weighted by atomic mass is 16.7. The fourth-order valence-electron chi connectivity index (χ4n) is 2.79. The van der Waals surface area contributed by atoms with Gasteiger partial charge in [0, 0.05) is 0 Å². The molecular formula is C22H28O3. The zero-order valence-corrected chi connectivity index (χ0v) is 15.1. The van der Waals surface area contributed by atoms with Gasteiger partial charge in [-0.3, -0.25) is 0 Å². The molecule has 0 N–H and O–H groups in total. The maximum Gasteiger partial charge on any atom is 0.508 e. The zero-order chi connectivity index (χ0) is 17.7. The van der Waals surface area contributed by atoms with Crippen LogP contribution in [0.3, 0.4) is 0 Å². The predicted octanol–water partition coefficient (Wildman–Crippen LogP) is 5.71. The van der Waals surface area contributed by atoms with Crippen LogP contribution in [0.4, 0.5) is 4.79 Å². The molecule has 0 heterocycles. The lowest BCUT2D eigenvalue weighted by Crippen LogP contribution is -2.09. The monoisotopic (exact) mass is 340 g/mol. The van der Waals surface area contributed by atoms with E-state index >= 15 is 0 Å². The summed E-state index contributed by atoms with van der Waals surface area (Å²) in [5.41, 5.74) is 3.74. The van der Waals surface area contributed by atoms with Crippen molar-refractivity contribution >= 4 is 6.16 Å². The summed E-state index contributed by atoms with van der Waals surface area (Å²) in [4.78, 5) is 11.6. The second kappa shape index (κ2) is 11.3. The van der Waals surface area contributed by atoms with Gasteiger partial charge in [0.1, 0.15) is 6.61 Å². The third-order valence-electron chi connectivity index (χ3n) is 4.18. The van der Waals surface area contributed by atoms with E-state index < -0.39 is 6.16 Å². The number of unbranched alkanes of at least 4 members (excludes halogenated alkanes) is 2. The first-order chi connectivity index (χ1) is 12.3. The number of hydrogen-bond acceptors (Lipinski definition) is 3. The molecule has 0 aliphatic carbocycles. The number of aryl methyl sites for hydroxylation is 2. The van der Waals surface area contributed by atoms with Crippen LogP contribution in [-0.4, -0.2) is 12.8 Å². The van der Waals surface area contributed by atoms with Gasteiger partial charge in [0.15, 0.2) is 0 Å². The van der Waals surface area contributed by atoms with Gasteiger partial charge < -0.3 is 9.47 Å². The van der Waals surface area contributed by atoms with Gasteiger partial charge in [0.2, 0.25) is 0 Å². The Bertz CT molecular complexity index is 622. The molecule has 0 aromatic heterocycles. The third kappa shape index (κ3) is 7.42. The van der Waals surface area contributed by atoms with E-state index in [4.69, 9.17) is 9.47 Å². The van der Waals surface area contributed by atoms with Crippen LogP contribution < -0.4 is 0 Å². The first-order valence-corrected chi connectivity index (χ1v) is 9.20. The highest BCUT2D eigenvalue weighted by Crippen LogP contribution is 2.15. The smallest absolute Gasteiger partial charge is 0.434 e. The Labute approximate surface area is 151 Å². The largest absolute Gasteiger partial charge is 0.508 e. The number of carbonyl (C=O) groups is 1. The zero-order valence-electron chi connectivity index (χ0n) is 15.1. The molecule has 25 heavy (non-hydrogen) atoms. The van der Waals surface area contributed by atoms with Crippen molar-refractivity contribution in [1.82, 2.24) is 0 Å². The molecule has 2 aromatic rings. The second-order valence-electron chi connectivity index (χ2n) is 6.20. The van der Waals surface area contributed by atoms with Crippen LogP contribution in [0.1, 0.15) is 49.3 Å². The van der Waals surface area contributed by atoms with Gasteiger partial charge in [-0.05, 0) is 42.4 Å². The van der Waals surface area contributed by atoms with E-state index in [0.717, 1.165) is 24.8 Å². The molecule has 134 valence electrons.